The van der Waals surface area contributed by atoms with E-state index >= 15 is 0 Å². The zero-order valence-electron chi connectivity index (χ0n) is 22.5. The van der Waals surface area contributed by atoms with Crippen molar-refractivity contribution >= 4 is 44.1 Å². The lowest BCUT2D eigenvalue weighted by Gasteiger charge is -2.23. The molecule has 8 nitrogen and oxygen atoms in total. The molecule has 0 aliphatic carbocycles. The number of ether oxygens (including phenoxy) is 3. The third-order valence-electron chi connectivity index (χ3n) is 6.42. The van der Waals surface area contributed by atoms with E-state index in [0.717, 1.165) is 11.1 Å². The molecule has 206 valence electrons. The number of thiazole rings is 1. The van der Waals surface area contributed by atoms with E-state index in [1.54, 1.807) is 48.5 Å². The average Bonchev–Trinajstić information content (AvgIpc) is 3.50. The highest BCUT2D eigenvalue weighted by Crippen LogP contribution is 2.45. The van der Waals surface area contributed by atoms with Gasteiger partial charge in [-0.1, -0.05) is 30.4 Å². The molecule has 0 spiro atoms. The van der Waals surface area contributed by atoms with Crippen LogP contribution >= 0.6 is 11.3 Å². The Bertz CT molecular complexity index is 1560. The van der Waals surface area contributed by atoms with Gasteiger partial charge in [0.05, 0.1) is 41.7 Å². The minimum Gasteiger partial charge on any atom is -0.507 e. The maximum absolute atomic E-state index is 13.6. The third-order valence-corrected chi connectivity index (χ3v) is 7.44. The number of carbonyl (C=O) groups is 2. The summed E-state index contributed by atoms with van der Waals surface area (Å²) in [6.45, 7) is 7.42. The van der Waals surface area contributed by atoms with Gasteiger partial charge in [0, 0.05) is 5.56 Å². The van der Waals surface area contributed by atoms with Gasteiger partial charge in [0.25, 0.3) is 5.78 Å². The number of ketones is 1. The highest BCUT2D eigenvalue weighted by molar-refractivity contribution is 7.22. The van der Waals surface area contributed by atoms with Crippen LogP contribution < -0.4 is 19.1 Å². The minimum atomic E-state index is -0.890. The summed E-state index contributed by atoms with van der Waals surface area (Å²) in [5.41, 5.74) is 1.72. The maximum Gasteiger partial charge on any atom is 0.301 e. The number of nitrogens with zero attached hydrogens (tertiary/aromatic N) is 2. The van der Waals surface area contributed by atoms with Crippen molar-refractivity contribution in [1.29, 1.82) is 0 Å². The molecule has 4 aromatic rings. The Labute approximate surface area is 236 Å². The molecule has 1 atom stereocenters. The normalized spacial score (nSPS) is 16.5. The molecule has 40 heavy (non-hydrogen) atoms. The number of rotatable bonds is 10. The number of hydrogen-bond acceptors (Lipinski definition) is 8. The van der Waals surface area contributed by atoms with Crippen LogP contribution in [0.25, 0.3) is 16.0 Å². The van der Waals surface area contributed by atoms with Crippen molar-refractivity contribution in [3.63, 3.8) is 0 Å². The van der Waals surface area contributed by atoms with Crippen LogP contribution in [0, 0.1) is 0 Å². The van der Waals surface area contributed by atoms with Gasteiger partial charge in [-0.3, -0.25) is 14.5 Å². The van der Waals surface area contributed by atoms with Gasteiger partial charge in [-0.25, -0.2) is 4.98 Å². The van der Waals surface area contributed by atoms with Gasteiger partial charge in [-0.2, -0.15) is 0 Å². The van der Waals surface area contributed by atoms with E-state index in [4.69, 9.17) is 14.2 Å². The van der Waals surface area contributed by atoms with E-state index < -0.39 is 17.7 Å². The van der Waals surface area contributed by atoms with Crippen molar-refractivity contribution < 1.29 is 28.9 Å². The Balaban J connectivity index is 1.62. The van der Waals surface area contributed by atoms with E-state index in [-0.39, 0.29) is 11.3 Å². The van der Waals surface area contributed by atoms with Crippen LogP contribution in [-0.4, -0.2) is 41.6 Å². The van der Waals surface area contributed by atoms with Crippen molar-refractivity contribution in [2.24, 2.45) is 0 Å². The second-order valence-corrected chi connectivity index (χ2v) is 10.1. The lowest BCUT2D eigenvalue weighted by atomic mass is 9.95. The summed E-state index contributed by atoms with van der Waals surface area (Å²) in [5.74, 6) is 0.213. The Hall–Kier alpha value is -4.37. The molecule has 2 heterocycles. The molecule has 1 aromatic heterocycles. The topological polar surface area (TPSA) is 98.2 Å². The summed E-state index contributed by atoms with van der Waals surface area (Å²) in [6, 6.07) is 18.6. The first-order valence-electron chi connectivity index (χ1n) is 13.3. The van der Waals surface area contributed by atoms with Crippen LogP contribution in [0.4, 0.5) is 5.13 Å². The van der Waals surface area contributed by atoms with Crippen molar-refractivity contribution in [2.75, 3.05) is 24.7 Å². The average molecular weight is 559 g/mol. The third kappa shape index (κ3) is 5.24. The molecule has 0 radical (unpaired) electrons. The number of aliphatic hydroxyl groups excluding tert-OH is 1. The van der Waals surface area contributed by atoms with Gasteiger partial charge in [0.15, 0.2) is 5.13 Å². The summed E-state index contributed by atoms with van der Waals surface area (Å²) < 4.78 is 17.7. The summed E-state index contributed by atoms with van der Waals surface area (Å²) in [5, 5.41) is 11.8. The van der Waals surface area contributed by atoms with E-state index in [2.05, 4.69) is 4.98 Å². The van der Waals surface area contributed by atoms with Gasteiger partial charge in [-0.15, -0.1) is 0 Å². The van der Waals surface area contributed by atoms with Crippen LogP contribution in [-0.2, 0) is 9.59 Å². The number of aromatic nitrogens is 1. The molecule has 0 saturated carbocycles. The molecule has 1 unspecified atom stereocenters. The van der Waals surface area contributed by atoms with Crippen molar-refractivity contribution in [3.05, 3.63) is 83.4 Å². The van der Waals surface area contributed by atoms with Gasteiger partial charge in [0.2, 0.25) is 0 Å². The first-order valence-corrected chi connectivity index (χ1v) is 14.1. The monoisotopic (exact) mass is 558 g/mol. The van der Waals surface area contributed by atoms with Gasteiger partial charge in [-0.05, 0) is 80.4 Å². The number of Topliss-reactive ketones (excluding diaryl/α,β-unsaturated/α-hetero) is 1. The number of amides is 1. The second kappa shape index (κ2) is 11.8. The largest absolute Gasteiger partial charge is 0.507 e. The van der Waals surface area contributed by atoms with Crippen LogP contribution in [0.2, 0.25) is 0 Å². The summed E-state index contributed by atoms with van der Waals surface area (Å²) >= 11 is 1.29. The van der Waals surface area contributed by atoms with Crippen LogP contribution in [0.1, 0.15) is 44.4 Å². The highest BCUT2D eigenvalue weighted by atomic mass is 32.1. The van der Waals surface area contributed by atoms with Crippen LogP contribution in [0.3, 0.4) is 0 Å². The van der Waals surface area contributed by atoms with Crippen LogP contribution in [0.15, 0.2) is 72.3 Å². The maximum atomic E-state index is 13.6. The summed E-state index contributed by atoms with van der Waals surface area (Å²) in [4.78, 5) is 33.1. The molecule has 1 saturated heterocycles. The van der Waals surface area contributed by atoms with Crippen molar-refractivity contribution in [3.8, 4) is 17.2 Å². The van der Waals surface area contributed by atoms with Gasteiger partial charge < -0.3 is 19.3 Å². The number of carbonyl (C=O) groups excluding carboxylic acids is 2. The molecule has 1 amide bonds. The lowest BCUT2D eigenvalue weighted by molar-refractivity contribution is -0.132. The Morgan fingerprint density at radius 1 is 0.875 bits per heavy atom. The smallest absolute Gasteiger partial charge is 0.301 e. The Kier molecular flexibility index (Phi) is 8.02. The van der Waals surface area contributed by atoms with E-state index in [1.807, 2.05) is 39.0 Å². The molecule has 1 fully saturated rings. The lowest BCUT2D eigenvalue weighted by Crippen LogP contribution is -2.29. The molecular formula is C31H30N2O6S. The predicted octanol–water partition coefficient (Wildman–Crippen LogP) is 6.51. The Morgan fingerprint density at radius 2 is 1.50 bits per heavy atom. The minimum absolute atomic E-state index is 0.00866. The van der Waals surface area contributed by atoms with E-state index in [1.165, 1.54) is 16.2 Å². The first kappa shape index (κ1) is 27.2. The Morgan fingerprint density at radius 3 is 2.17 bits per heavy atom. The van der Waals surface area contributed by atoms with Crippen LogP contribution in [0.5, 0.6) is 17.2 Å². The first-order chi connectivity index (χ1) is 19.4. The molecule has 1 aliphatic heterocycles. The quantitative estimate of drug-likeness (QED) is 0.135. The number of fused-ring (bicyclic) bond motifs is 1. The number of aliphatic hydroxyl groups is 1. The highest BCUT2D eigenvalue weighted by Gasteiger charge is 2.48. The fourth-order valence-electron chi connectivity index (χ4n) is 4.59. The van der Waals surface area contributed by atoms with Crippen molar-refractivity contribution in [2.45, 2.75) is 33.2 Å². The fraction of sp³-hybridized carbons (Fsp3) is 0.258. The second-order valence-electron chi connectivity index (χ2n) is 9.10. The summed E-state index contributed by atoms with van der Waals surface area (Å²) in [7, 11) is 0. The number of hydrogen-bond donors (Lipinski definition) is 1. The molecule has 1 N–H and O–H groups in total. The molecule has 5 rings (SSSR count). The number of benzene rings is 3. The fourth-order valence-corrected chi connectivity index (χ4v) is 5.62. The zero-order valence-corrected chi connectivity index (χ0v) is 23.4. The van der Waals surface area contributed by atoms with E-state index in [0.29, 0.717) is 58.8 Å². The zero-order chi connectivity index (χ0) is 28.2. The summed E-state index contributed by atoms with van der Waals surface area (Å²) in [6.07, 6.45) is 0.867. The van der Waals surface area contributed by atoms with Crippen molar-refractivity contribution in [1.82, 2.24) is 4.98 Å². The molecular weight excluding hydrogens is 528 g/mol. The number of anilines is 1. The SMILES string of the molecule is CCCOc1ccc(/C(O)=C2\C(=O)C(=O)N(c3nc4ccc(OCC)cc4s3)C2c2ccc(OCC)cc2)cc1. The molecule has 1 aliphatic rings. The van der Waals surface area contributed by atoms with Gasteiger partial charge in [0.1, 0.15) is 23.0 Å². The predicted molar refractivity (Wildman–Crippen MR) is 155 cm³/mol. The molecule has 3 aromatic carbocycles. The van der Waals surface area contributed by atoms with Gasteiger partial charge >= 0.3 is 5.91 Å². The standard InChI is InChI=1S/C31H30N2O6S/c1-4-17-39-22-13-9-20(10-14-22)28(34)26-27(19-7-11-21(12-8-19)37-5-2)33(30(36)29(26)35)31-32-24-16-15-23(38-6-3)18-25(24)40-31/h7-16,18,27,34H,4-6,17H2,1-3H3/b28-26+. The molecule has 0 bridgehead atoms. The molecule has 9 heteroatoms. The van der Waals surface area contributed by atoms with E-state index in [9.17, 15) is 14.7 Å².